The molecule has 1 aromatic heterocycles. The molecule has 23 heavy (non-hydrogen) atoms. The number of hydrogen-bond acceptors (Lipinski definition) is 5. The lowest BCUT2D eigenvalue weighted by Crippen LogP contribution is -2.29. The number of rotatable bonds is 4. The summed E-state index contributed by atoms with van der Waals surface area (Å²) in [6, 6.07) is 10.4. The fraction of sp³-hybridized carbons (Fsp3) is 0.444. The molecule has 1 aliphatic rings. The maximum absolute atomic E-state index is 5.28. The minimum Gasteiger partial charge on any atom is -0.378 e. The van der Waals surface area contributed by atoms with Crippen molar-refractivity contribution in [3.8, 4) is 11.4 Å². The van der Waals surface area contributed by atoms with Crippen molar-refractivity contribution in [3.05, 3.63) is 41.6 Å². The Labute approximate surface area is 137 Å². The van der Waals surface area contributed by atoms with Gasteiger partial charge in [-0.2, -0.15) is 0 Å². The summed E-state index contributed by atoms with van der Waals surface area (Å²) in [4.78, 5) is 11.8. The molecule has 0 atom stereocenters. The van der Waals surface area contributed by atoms with E-state index in [4.69, 9.17) is 9.72 Å². The van der Waals surface area contributed by atoms with E-state index in [1.165, 1.54) is 5.56 Å². The second kappa shape index (κ2) is 7.53. The number of anilines is 1. The number of nitrogens with zero attached hydrogens (tertiary/aromatic N) is 3. The summed E-state index contributed by atoms with van der Waals surface area (Å²) >= 11 is 0. The van der Waals surface area contributed by atoms with E-state index in [1.807, 2.05) is 6.07 Å². The van der Waals surface area contributed by atoms with Gasteiger partial charge in [0.2, 0.25) is 0 Å². The molecule has 5 nitrogen and oxygen atoms in total. The molecule has 0 saturated carbocycles. The van der Waals surface area contributed by atoms with Crippen molar-refractivity contribution in [2.45, 2.75) is 20.0 Å². The van der Waals surface area contributed by atoms with Crippen molar-refractivity contribution >= 4 is 5.82 Å². The molecule has 0 amide bonds. The van der Waals surface area contributed by atoms with Gasteiger partial charge in [0.05, 0.1) is 12.3 Å². The van der Waals surface area contributed by atoms with Gasteiger partial charge in [-0.3, -0.25) is 0 Å². The van der Waals surface area contributed by atoms with E-state index in [0.29, 0.717) is 6.61 Å². The third kappa shape index (κ3) is 4.06. The van der Waals surface area contributed by atoms with Crippen LogP contribution in [0.1, 0.15) is 17.7 Å². The summed E-state index contributed by atoms with van der Waals surface area (Å²) in [5.74, 6) is 1.76. The second-order valence-electron chi connectivity index (χ2n) is 5.93. The first-order chi connectivity index (χ1) is 11.3. The number of aromatic nitrogens is 2. The Hall–Kier alpha value is -1.98. The molecule has 1 aromatic carbocycles. The topological polar surface area (TPSA) is 50.3 Å². The summed E-state index contributed by atoms with van der Waals surface area (Å²) in [5.41, 5.74) is 3.20. The third-order valence-electron chi connectivity index (χ3n) is 4.03. The smallest absolute Gasteiger partial charge is 0.161 e. The van der Waals surface area contributed by atoms with Gasteiger partial charge in [-0.15, -0.1) is 0 Å². The van der Waals surface area contributed by atoms with Crippen molar-refractivity contribution in [2.75, 3.05) is 38.2 Å². The fourth-order valence-electron chi connectivity index (χ4n) is 2.77. The number of benzene rings is 1. The number of nitrogens with one attached hydrogen (secondary N) is 1. The molecule has 3 rings (SSSR count). The van der Waals surface area contributed by atoms with Crippen LogP contribution in [0.3, 0.4) is 0 Å². The molecule has 0 bridgehead atoms. The molecule has 122 valence electrons. The number of methoxy groups -OCH3 is 1. The van der Waals surface area contributed by atoms with Crippen LogP contribution in [0.5, 0.6) is 0 Å². The largest absolute Gasteiger partial charge is 0.378 e. The Kier molecular flexibility index (Phi) is 5.20. The maximum Gasteiger partial charge on any atom is 0.161 e. The van der Waals surface area contributed by atoms with Crippen LogP contribution in [0.25, 0.3) is 11.4 Å². The zero-order valence-electron chi connectivity index (χ0n) is 13.9. The van der Waals surface area contributed by atoms with Gasteiger partial charge in [0, 0.05) is 38.4 Å². The SMILES string of the molecule is COCc1cc(N2CCCNCC2)nc(-c2ccc(C)cc2)n1. The number of ether oxygens (including phenoxy) is 1. The Morgan fingerprint density at radius 3 is 2.74 bits per heavy atom. The lowest BCUT2D eigenvalue weighted by molar-refractivity contribution is 0.181. The Balaban J connectivity index is 1.96. The molecule has 1 aliphatic heterocycles. The Bertz CT molecular complexity index is 634. The Morgan fingerprint density at radius 2 is 1.96 bits per heavy atom. The summed E-state index contributed by atoms with van der Waals surface area (Å²) in [6.07, 6.45) is 1.13. The van der Waals surface area contributed by atoms with Gasteiger partial charge in [-0.05, 0) is 19.9 Å². The average molecular weight is 312 g/mol. The van der Waals surface area contributed by atoms with Crippen molar-refractivity contribution in [1.82, 2.24) is 15.3 Å². The van der Waals surface area contributed by atoms with Gasteiger partial charge in [0.25, 0.3) is 0 Å². The predicted molar refractivity (Wildman–Crippen MR) is 92.6 cm³/mol. The van der Waals surface area contributed by atoms with Crippen molar-refractivity contribution in [3.63, 3.8) is 0 Å². The van der Waals surface area contributed by atoms with Crippen LogP contribution >= 0.6 is 0 Å². The zero-order valence-corrected chi connectivity index (χ0v) is 13.9. The van der Waals surface area contributed by atoms with Crippen LogP contribution in [0, 0.1) is 6.92 Å². The number of hydrogen-bond donors (Lipinski definition) is 1. The normalized spacial score (nSPS) is 15.5. The first-order valence-electron chi connectivity index (χ1n) is 8.16. The Morgan fingerprint density at radius 1 is 1.13 bits per heavy atom. The van der Waals surface area contributed by atoms with Crippen LogP contribution in [0.2, 0.25) is 0 Å². The minimum atomic E-state index is 0.500. The first kappa shape index (κ1) is 15.9. The van der Waals surface area contributed by atoms with Crippen LogP contribution in [0.4, 0.5) is 5.82 Å². The molecule has 2 aromatic rings. The molecule has 0 radical (unpaired) electrons. The van der Waals surface area contributed by atoms with E-state index in [1.54, 1.807) is 7.11 Å². The van der Waals surface area contributed by atoms with Gasteiger partial charge in [-0.25, -0.2) is 9.97 Å². The van der Waals surface area contributed by atoms with Gasteiger partial charge in [0.1, 0.15) is 5.82 Å². The summed E-state index contributed by atoms with van der Waals surface area (Å²) in [7, 11) is 1.70. The highest BCUT2D eigenvalue weighted by molar-refractivity contribution is 5.58. The predicted octanol–water partition coefficient (Wildman–Crippen LogP) is 2.40. The van der Waals surface area contributed by atoms with Gasteiger partial charge in [-0.1, -0.05) is 29.8 Å². The van der Waals surface area contributed by atoms with Crippen LogP contribution in [-0.2, 0) is 11.3 Å². The van der Waals surface area contributed by atoms with E-state index < -0.39 is 0 Å². The molecule has 0 unspecified atom stereocenters. The van der Waals surface area contributed by atoms with Gasteiger partial charge >= 0.3 is 0 Å². The average Bonchev–Trinajstić information content (AvgIpc) is 2.85. The molecule has 5 heteroatoms. The molecule has 2 heterocycles. The highest BCUT2D eigenvalue weighted by Gasteiger charge is 2.14. The summed E-state index contributed by atoms with van der Waals surface area (Å²) in [5, 5.41) is 3.43. The molecule has 0 spiro atoms. The highest BCUT2D eigenvalue weighted by Crippen LogP contribution is 2.21. The molecule has 1 saturated heterocycles. The van der Waals surface area contributed by atoms with E-state index in [9.17, 15) is 0 Å². The van der Waals surface area contributed by atoms with E-state index in [-0.39, 0.29) is 0 Å². The molecule has 0 aliphatic carbocycles. The molecule has 1 N–H and O–H groups in total. The molecule has 1 fully saturated rings. The molecular formula is C18H24N4O. The lowest BCUT2D eigenvalue weighted by atomic mass is 10.1. The third-order valence-corrected chi connectivity index (χ3v) is 4.03. The van der Waals surface area contributed by atoms with E-state index in [2.05, 4.69) is 46.4 Å². The fourth-order valence-corrected chi connectivity index (χ4v) is 2.77. The number of aryl methyl sites for hydroxylation is 1. The summed E-state index contributed by atoms with van der Waals surface area (Å²) < 4.78 is 5.28. The standard InChI is InChI=1S/C18H24N4O/c1-14-4-6-15(7-5-14)18-20-16(13-23-2)12-17(21-18)22-10-3-8-19-9-11-22/h4-7,12,19H,3,8-11,13H2,1-2H3. The van der Waals surface area contributed by atoms with Crippen LogP contribution < -0.4 is 10.2 Å². The second-order valence-corrected chi connectivity index (χ2v) is 5.93. The van der Waals surface area contributed by atoms with E-state index in [0.717, 1.165) is 55.5 Å². The highest BCUT2D eigenvalue weighted by atomic mass is 16.5. The molecular weight excluding hydrogens is 288 g/mol. The van der Waals surface area contributed by atoms with Crippen molar-refractivity contribution in [2.24, 2.45) is 0 Å². The van der Waals surface area contributed by atoms with E-state index >= 15 is 0 Å². The van der Waals surface area contributed by atoms with Crippen molar-refractivity contribution in [1.29, 1.82) is 0 Å². The lowest BCUT2D eigenvalue weighted by Gasteiger charge is -2.22. The zero-order chi connectivity index (χ0) is 16.1. The van der Waals surface area contributed by atoms with Gasteiger partial charge in [0.15, 0.2) is 5.82 Å². The van der Waals surface area contributed by atoms with Crippen LogP contribution in [0.15, 0.2) is 30.3 Å². The quantitative estimate of drug-likeness (QED) is 0.939. The van der Waals surface area contributed by atoms with Gasteiger partial charge < -0.3 is 15.0 Å². The summed E-state index contributed by atoms with van der Waals surface area (Å²) in [6.45, 7) is 6.63. The maximum atomic E-state index is 5.28. The van der Waals surface area contributed by atoms with Crippen molar-refractivity contribution < 1.29 is 4.74 Å². The van der Waals surface area contributed by atoms with Crippen LogP contribution in [-0.4, -0.2) is 43.3 Å². The minimum absolute atomic E-state index is 0.500. The monoisotopic (exact) mass is 312 g/mol. The first-order valence-corrected chi connectivity index (χ1v) is 8.16.